The third-order valence-electron chi connectivity index (χ3n) is 3.60. The van der Waals surface area contributed by atoms with E-state index in [2.05, 4.69) is 27.6 Å². The van der Waals surface area contributed by atoms with Crippen LogP contribution in [0.2, 0.25) is 0 Å². The number of alkyl halides is 3. The number of ether oxygens (including phenoxy) is 1. The summed E-state index contributed by atoms with van der Waals surface area (Å²) in [7, 11) is 0. The van der Waals surface area contributed by atoms with E-state index >= 15 is 0 Å². The molecule has 0 N–H and O–H groups in total. The standard InChI is InChI=1S/C18H13F3INO/c1-11-15-9-13(22)7-8-14(15)17(24-10-18(19,20)21)23-16(11)12-5-3-2-4-6-12/h2-9H,10H2,1H3. The highest BCUT2D eigenvalue weighted by atomic mass is 127. The van der Waals surface area contributed by atoms with Crippen LogP contribution in [0.5, 0.6) is 5.88 Å². The van der Waals surface area contributed by atoms with Crippen LogP contribution in [0.3, 0.4) is 0 Å². The van der Waals surface area contributed by atoms with Gasteiger partial charge < -0.3 is 4.74 Å². The maximum absolute atomic E-state index is 12.6. The van der Waals surface area contributed by atoms with E-state index in [0.29, 0.717) is 11.1 Å². The van der Waals surface area contributed by atoms with E-state index in [4.69, 9.17) is 4.74 Å². The number of benzene rings is 2. The van der Waals surface area contributed by atoms with Crippen molar-refractivity contribution < 1.29 is 17.9 Å². The van der Waals surface area contributed by atoms with E-state index < -0.39 is 12.8 Å². The molecular weight excluding hydrogens is 430 g/mol. The van der Waals surface area contributed by atoms with Crippen molar-refractivity contribution in [3.8, 4) is 17.1 Å². The molecule has 3 rings (SSSR count). The summed E-state index contributed by atoms with van der Waals surface area (Å²) >= 11 is 2.18. The van der Waals surface area contributed by atoms with Crippen LogP contribution in [0, 0.1) is 10.5 Å². The van der Waals surface area contributed by atoms with Crippen LogP contribution < -0.4 is 4.74 Å². The van der Waals surface area contributed by atoms with Gasteiger partial charge in [-0.3, -0.25) is 0 Å². The molecule has 2 aromatic carbocycles. The largest absolute Gasteiger partial charge is 0.468 e. The third-order valence-corrected chi connectivity index (χ3v) is 4.28. The quantitative estimate of drug-likeness (QED) is 0.481. The average Bonchev–Trinajstić information content (AvgIpc) is 2.54. The van der Waals surface area contributed by atoms with Gasteiger partial charge in [0, 0.05) is 14.5 Å². The molecule has 124 valence electrons. The van der Waals surface area contributed by atoms with Gasteiger partial charge in [0.25, 0.3) is 0 Å². The van der Waals surface area contributed by atoms with Gasteiger partial charge in [0.05, 0.1) is 5.69 Å². The van der Waals surface area contributed by atoms with Crippen LogP contribution in [0.15, 0.2) is 48.5 Å². The van der Waals surface area contributed by atoms with Gasteiger partial charge >= 0.3 is 6.18 Å². The summed E-state index contributed by atoms with van der Waals surface area (Å²) in [5.74, 6) is 0.00294. The number of pyridine rings is 1. The van der Waals surface area contributed by atoms with E-state index in [9.17, 15) is 13.2 Å². The van der Waals surface area contributed by atoms with E-state index in [0.717, 1.165) is 20.1 Å². The zero-order valence-corrected chi connectivity index (χ0v) is 14.9. The highest BCUT2D eigenvalue weighted by Gasteiger charge is 2.29. The van der Waals surface area contributed by atoms with Crippen LogP contribution in [0.25, 0.3) is 22.0 Å². The minimum Gasteiger partial charge on any atom is -0.468 e. The number of aromatic nitrogens is 1. The van der Waals surface area contributed by atoms with Crippen molar-refractivity contribution in [2.75, 3.05) is 6.61 Å². The fourth-order valence-corrected chi connectivity index (χ4v) is 3.01. The van der Waals surface area contributed by atoms with Crippen molar-refractivity contribution in [1.82, 2.24) is 4.98 Å². The number of hydrogen-bond acceptors (Lipinski definition) is 2. The van der Waals surface area contributed by atoms with E-state index in [-0.39, 0.29) is 5.88 Å². The maximum atomic E-state index is 12.6. The van der Waals surface area contributed by atoms with Crippen LogP contribution in [-0.2, 0) is 0 Å². The van der Waals surface area contributed by atoms with Gasteiger partial charge in [-0.15, -0.1) is 0 Å². The molecule has 3 aromatic rings. The van der Waals surface area contributed by atoms with Crippen molar-refractivity contribution in [3.63, 3.8) is 0 Å². The maximum Gasteiger partial charge on any atom is 0.422 e. The Balaban J connectivity index is 2.20. The zero-order valence-electron chi connectivity index (χ0n) is 12.7. The van der Waals surface area contributed by atoms with Crippen molar-refractivity contribution in [3.05, 3.63) is 57.7 Å². The fourth-order valence-electron chi connectivity index (χ4n) is 2.52. The summed E-state index contributed by atoms with van der Waals surface area (Å²) in [5, 5.41) is 1.42. The second-order valence-electron chi connectivity index (χ2n) is 5.35. The first-order valence-electron chi connectivity index (χ1n) is 7.20. The zero-order chi connectivity index (χ0) is 17.3. The fraction of sp³-hybridized carbons (Fsp3) is 0.167. The molecule has 0 saturated heterocycles. The number of nitrogens with zero attached hydrogens (tertiary/aromatic N) is 1. The molecule has 1 aromatic heterocycles. The smallest absolute Gasteiger partial charge is 0.422 e. The summed E-state index contributed by atoms with van der Waals surface area (Å²) in [6.45, 7) is 0.555. The minimum absolute atomic E-state index is 0.00294. The van der Waals surface area contributed by atoms with Gasteiger partial charge in [-0.05, 0) is 58.7 Å². The molecule has 0 aliphatic carbocycles. The molecule has 24 heavy (non-hydrogen) atoms. The third kappa shape index (κ3) is 3.63. The average molecular weight is 443 g/mol. The first kappa shape index (κ1) is 17.0. The normalized spacial score (nSPS) is 11.7. The van der Waals surface area contributed by atoms with Crippen LogP contribution in [-0.4, -0.2) is 17.8 Å². The van der Waals surface area contributed by atoms with E-state index in [1.807, 2.05) is 49.4 Å². The van der Waals surface area contributed by atoms with Crippen molar-refractivity contribution >= 4 is 33.4 Å². The Hall–Kier alpha value is -1.83. The van der Waals surface area contributed by atoms with Crippen molar-refractivity contribution in [2.45, 2.75) is 13.1 Å². The highest BCUT2D eigenvalue weighted by Crippen LogP contribution is 2.34. The first-order chi connectivity index (χ1) is 11.3. The lowest BCUT2D eigenvalue weighted by molar-refractivity contribution is -0.153. The Labute approximate surface area is 150 Å². The molecule has 0 spiro atoms. The van der Waals surface area contributed by atoms with Gasteiger partial charge in [-0.2, -0.15) is 13.2 Å². The summed E-state index contributed by atoms with van der Waals surface area (Å²) in [5.41, 5.74) is 2.38. The molecule has 0 aliphatic heterocycles. The second kappa shape index (κ2) is 6.58. The molecular formula is C18H13F3INO. The molecule has 2 nitrogen and oxygen atoms in total. The molecule has 0 bridgehead atoms. The summed E-state index contributed by atoms with van der Waals surface area (Å²) in [4.78, 5) is 4.38. The molecule has 0 amide bonds. The Kier molecular flexibility index (Phi) is 4.67. The second-order valence-corrected chi connectivity index (χ2v) is 6.60. The first-order valence-corrected chi connectivity index (χ1v) is 8.28. The number of halogens is 4. The number of fused-ring (bicyclic) bond motifs is 1. The van der Waals surface area contributed by atoms with Crippen LogP contribution >= 0.6 is 22.6 Å². The number of hydrogen-bond donors (Lipinski definition) is 0. The van der Waals surface area contributed by atoms with Crippen LogP contribution in [0.1, 0.15) is 5.56 Å². The predicted octanol–water partition coefficient (Wildman–Crippen LogP) is 5.76. The number of aryl methyl sites for hydroxylation is 1. The topological polar surface area (TPSA) is 22.1 Å². The molecule has 0 radical (unpaired) electrons. The van der Waals surface area contributed by atoms with Gasteiger partial charge in [0.15, 0.2) is 6.61 Å². The van der Waals surface area contributed by atoms with Gasteiger partial charge in [0.1, 0.15) is 0 Å². The van der Waals surface area contributed by atoms with Gasteiger partial charge in [-0.1, -0.05) is 30.3 Å². The SMILES string of the molecule is Cc1c(-c2ccccc2)nc(OCC(F)(F)F)c2ccc(I)cc12. The van der Waals surface area contributed by atoms with Gasteiger partial charge in [0.2, 0.25) is 5.88 Å². The Morgan fingerprint density at radius 3 is 2.42 bits per heavy atom. The lowest BCUT2D eigenvalue weighted by Gasteiger charge is -2.15. The minimum atomic E-state index is -4.41. The Bertz CT molecular complexity index is 879. The molecule has 6 heteroatoms. The molecule has 0 saturated carbocycles. The van der Waals surface area contributed by atoms with Gasteiger partial charge in [-0.25, -0.2) is 4.98 Å². The molecule has 0 aliphatic rings. The Morgan fingerprint density at radius 1 is 1.04 bits per heavy atom. The van der Waals surface area contributed by atoms with E-state index in [1.54, 1.807) is 6.07 Å². The summed E-state index contributed by atoms with van der Waals surface area (Å²) < 4.78 is 43.7. The molecule has 0 fully saturated rings. The lowest BCUT2D eigenvalue weighted by Crippen LogP contribution is -2.20. The van der Waals surface area contributed by atoms with Crippen molar-refractivity contribution in [2.24, 2.45) is 0 Å². The summed E-state index contributed by atoms with van der Waals surface area (Å²) in [6, 6.07) is 14.9. The summed E-state index contributed by atoms with van der Waals surface area (Å²) in [6.07, 6.45) is -4.41. The van der Waals surface area contributed by atoms with Crippen molar-refractivity contribution in [1.29, 1.82) is 0 Å². The lowest BCUT2D eigenvalue weighted by atomic mass is 10.0. The monoisotopic (exact) mass is 443 g/mol. The van der Waals surface area contributed by atoms with Crippen LogP contribution in [0.4, 0.5) is 13.2 Å². The number of rotatable bonds is 3. The predicted molar refractivity (Wildman–Crippen MR) is 96.2 cm³/mol. The van der Waals surface area contributed by atoms with E-state index in [1.165, 1.54) is 0 Å². The molecule has 1 heterocycles. The Morgan fingerprint density at radius 2 is 1.75 bits per heavy atom. The molecule has 0 atom stereocenters. The molecule has 0 unspecified atom stereocenters. The highest BCUT2D eigenvalue weighted by molar-refractivity contribution is 14.1.